The first-order chi connectivity index (χ1) is 11.6. The van der Waals surface area contributed by atoms with Crippen LogP contribution in [0.4, 0.5) is 0 Å². The Morgan fingerprint density at radius 2 is 1.79 bits per heavy atom. The summed E-state index contributed by atoms with van der Waals surface area (Å²) < 4.78 is 0. The highest BCUT2D eigenvalue weighted by atomic mass is 16.3. The summed E-state index contributed by atoms with van der Waals surface area (Å²) in [6.45, 7) is 6.94. The molecule has 0 aromatic heterocycles. The first-order valence-corrected chi connectivity index (χ1v) is 9.80. The Morgan fingerprint density at radius 3 is 2.50 bits per heavy atom. The lowest BCUT2D eigenvalue weighted by molar-refractivity contribution is 0.0982. The third-order valence-electron chi connectivity index (χ3n) is 6.18. The van der Waals surface area contributed by atoms with Gasteiger partial charge < -0.3 is 14.9 Å². The van der Waals surface area contributed by atoms with Crippen LogP contribution in [0.5, 0.6) is 0 Å². The largest absolute Gasteiger partial charge is 0.388 e. The topological polar surface area (TPSA) is 26.7 Å². The van der Waals surface area contributed by atoms with Gasteiger partial charge in [-0.25, -0.2) is 0 Å². The first-order valence-electron chi connectivity index (χ1n) is 9.80. The first kappa shape index (κ1) is 17.9. The van der Waals surface area contributed by atoms with Crippen LogP contribution < -0.4 is 0 Å². The van der Waals surface area contributed by atoms with E-state index in [9.17, 15) is 5.11 Å². The Hall–Kier alpha value is -0.900. The highest BCUT2D eigenvalue weighted by Gasteiger charge is 2.26. The Bertz CT molecular complexity index is 501. The lowest BCUT2D eigenvalue weighted by atomic mass is 9.89. The zero-order chi connectivity index (χ0) is 16.9. The van der Waals surface area contributed by atoms with Gasteiger partial charge in [-0.1, -0.05) is 29.8 Å². The molecule has 3 heteroatoms. The number of hydrogen-bond acceptors (Lipinski definition) is 3. The zero-order valence-electron chi connectivity index (χ0n) is 15.5. The molecule has 0 aliphatic carbocycles. The summed E-state index contributed by atoms with van der Waals surface area (Å²) in [5.74, 6) is 0.409. The van der Waals surface area contributed by atoms with Crippen LogP contribution in [0, 0.1) is 12.8 Å². The summed E-state index contributed by atoms with van der Waals surface area (Å²) in [4.78, 5) is 5.16. The number of likely N-dealkylation sites (tertiary alicyclic amines) is 2. The molecule has 2 fully saturated rings. The molecule has 2 aliphatic rings. The SMILES string of the molecule is Cc1ccc(C(O)C2CCCN(CC[C@H]3CCCN3C)CC2)cc1. The summed E-state index contributed by atoms with van der Waals surface area (Å²) in [6, 6.07) is 9.21. The maximum atomic E-state index is 10.8. The van der Waals surface area contributed by atoms with Gasteiger partial charge in [0.2, 0.25) is 0 Å². The number of aryl methyl sites for hydroxylation is 1. The van der Waals surface area contributed by atoms with E-state index in [0.29, 0.717) is 5.92 Å². The number of aliphatic hydroxyl groups excluding tert-OH is 1. The number of aliphatic hydroxyl groups is 1. The molecule has 134 valence electrons. The van der Waals surface area contributed by atoms with E-state index in [0.717, 1.165) is 31.0 Å². The molecule has 1 aromatic carbocycles. The van der Waals surface area contributed by atoms with Crippen LogP contribution in [-0.4, -0.2) is 54.2 Å². The van der Waals surface area contributed by atoms with Crippen LogP contribution in [0.15, 0.2) is 24.3 Å². The van der Waals surface area contributed by atoms with Crippen molar-refractivity contribution in [2.24, 2.45) is 5.92 Å². The second-order valence-corrected chi connectivity index (χ2v) is 7.95. The molecular formula is C21H34N2O. The fourth-order valence-corrected chi connectivity index (χ4v) is 4.43. The second kappa shape index (κ2) is 8.46. The molecule has 0 amide bonds. The van der Waals surface area contributed by atoms with Gasteiger partial charge in [0, 0.05) is 6.04 Å². The normalized spacial score (nSPS) is 28.0. The minimum atomic E-state index is -0.300. The number of benzene rings is 1. The van der Waals surface area contributed by atoms with Crippen molar-refractivity contribution in [3.8, 4) is 0 Å². The third-order valence-corrected chi connectivity index (χ3v) is 6.18. The third kappa shape index (κ3) is 4.59. The van der Waals surface area contributed by atoms with E-state index >= 15 is 0 Å². The Kier molecular flexibility index (Phi) is 6.31. The van der Waals surface area contributed by atoms with Gasteiger partial charge in [0.05, 0.1) is 6.10 Å². The van der Waals surface area contributed by atoms with Crippen molar-refractivity contribution in [3.63, 3.8) is 0 Å². The van der Waals surface area contributed by atoms with Crippen molar-refractivity contribution in [1.29, 1.82) is 0 Å². The van der Waals surface area contributed by atoms with Crippen molar-refractivity contribution in [2.45, 2.75) is 57.6 Å². The number of nitrogens with zero attached hydrogens (tertiary/aromatic N) is 2. The van der Waals surface area contributed by atoms with Crippen LogP contribution >= 0.6 is 0 Å². The second-order valence-electron chi connectivity index (χ2n) is 7.95. The van der Waals surface area contributed by atoms with Crippen molar-refractivity contribution in [1.82, 2.24) is 9.80 Å². The van der Waals surface area contributed by atoms with E-state index < -0.39 is 0 Å². The molecule has 0 spiro atoms. The quantitative estimate of drug-likeness (QED) is 0.893. The minimum absolute atomic E-state index is 0.300. The Morgan fingerprint density at radius 1 is 1.04 bits per heavy atom. The molecule has 3 nitrogen and oxygen atoms in total. The van der Waals surface area contributed by atoms with E-state index in [2.05, 4.69) is 48.0 Å². The Labute approximate surface area is 147 Å². The van der Waals surface area contributed by atoms with Gasteiger partial charge >= 0.3 is 0 Å². The molecule has 1 N–H and O–H groups in total. The summed E-state index contributed by atoms with van der Waals surface area (Å²) in [6.07, 6.45) is 7.23. The number of rotatable bonds is 5. The van der Waals surface area contributed by atoms with Crippen LogP contribution in [-0.2, 0) is 0 Å². The lowest BCUT2D eigenvalue weighted by Crippen LogP contribution is -2.32. The van der Waals surface area contributed by atoms with Crippen LogP contribution in [0.3, 0.4) is 0 Å². The van der Waals surface area contributed by atoms with Gasteiger partial charge in [-0.05, 0) is 90.2 Å². The number of hydrogen-bond donors (Lipinski definition) is 1. The van der Waals surface area contributed by atoms with Crippen LogP contribution in [0.1, 0.15) is 55.8 Å². The average Bonchev–Trinajstić information content (AvgIpc) is 2.85. The summed E-state index contributed by atoms with van der Waals surface area (Å²) in [5, 5.41) is 10.8. The highest BCUT2D eigenvalue weighted by molar-refractivity contribution is 5.23. The van der Waals surface area contributed by atoms with Gasteiger partial charge in [0.1, 0.15) is 0 Å². The average molecular weight is 331 g/mol. The molecule has 3 rings (SSSR count). The summed E-state index contributed by atoms with van der Waals surface area (Å²) in [7, 11) is 2.27. The van der Waals surface area contributed by atoms with E-state index in [1.54, 1.807) is 0 Å². The molecule has 0 bridgehead atoms. The van der Waals surface area contributed by atoms with Crippen molar-refractivity contribution >= 4 is 0 Å². The molecule has 0 saturated carbocycles. The van der Waals surface area contributed by atoms with Gasteiger partial charge in [0.25, 0.3) is 0 Å². The van der Waals surface area contributed by atoms with E-state index in [-0.39, 0.29) is 6.10 Å². The molecule has 1 aromatic rings. The van der Waals surface area contributed by atoms with Crippen molar-refractivity contribution in [3.05, 3.63) is 35.4 Å². The highest BCUT2D eigenvalue weighted by Crippen LogP contribution is 2.31. The summed E-state index contributed by atoms with van der Waals surface area (Å²) >= 11 is 0. The molecular weight excluding hydrogens is 296 g/mol. The monoisotopic (exact) mass is 330 g/mol. The van der Waals surface area contributed by atoms with Gasteiger partial charge in [-0.15, -0.1) is 0 Å². The van der Waals surface area contributed by atoms with Crippen LogP contribution in [0.2, 0.25) is 0 Å². The predicted octanol–water partition coefficient (Wildman–Crippen LogP) is 3.61. The standard InChI is InChI=1S/C21H34N2O/c1-17-7-9-19(10-8-17)21(24)18-5-3-14-23(15-11-18)16-12-20-6-4-13-22(20)2/h7-10,18,20-21,24H,3-6,11-16H2,1-2H3/t18?,20-,21?/m1/s1. The minimum Gasteiger partial charge on any atom is -0.388 e. The smallest absolute Gasteiger partial charge is 0.0818 e. The lowest BCUT2D eigenvalue weighted by Gasteiger charge is -2.25. The maximum Gasteiger partial charge on any atom is 0.0818 e. The van der Waals surface area contributed by atoms with E-state index in [4.69, 9.17) is 0 Å². The molecule has 2 saturated heterocycles. The molecule has 24 heavy (non-hydrogen) atoms. The van der Waals surface area contributed by atoms with Crippen molar-refractivity contribution in [2.75, 3.05) is 33.2 Å². The van der Waals surface area contributed by atoms with Crippen molar-refractivity contribution < 1.29 is 5.11 Å². The van der Waals surface area contributed by atoms with Gasteiger partial charge in [-0.2, -0.15) is 0 Å². The van der Waals surface area contributed by atoms with Gasteiger partial charge in [-0.3, -0.25) is 0 Å². The molecule has 3 atom stereocenters. The summed E-state index contributed by atoms with van der Waals surface area (Å²) in [5.41, 5.74) is 2.35. The van der Waals surface area contributed by atoms with E-state index in [1.165, 1.54) is 50.9 Å². The van der Waals surface area contributed by atoms with Gasteiger partial charge in [0.15, 0.2) is 0 Å². The van der Waals surface area contributed by atoms with E-state index in [1.807, 2.05) is 0 Å². The maximum absolute atomic E-state index is 10.8. The molecule has 2 unspecified atom stereocenters. The fraction of sp³-hybridized carbons (Fsp3) is 0.714. The zero-order valence-corrected chi connectivity index (χ0v) is 15.5. The molecule has 2 heterocycles. The fourth-order valence-electron chi connectivity index (χ4n) is 4.43. The Balaban J connectivity index is 1.48. The van der Waals surface area contributed by atoms with Crippen LogP contribution in [0.25, 0.3) is 0 Å². The molecule has 2 aliphatic heterocycles. The molecule has 0 radical (unpaired) electrons. The predicted molar refractivity (Wildman–Crippen MR) is 100 cm³/mol.